The lowest BCUT2D eigenvalue weighted by Gasteiger charge is -2.11. The van der Waals surface area contributed by atoms with Crippen LogP contribution in [0.25, 0.3) is 0 Å². The second kappa shape index (κ2) is 5.04. The predicted octanol–water partition coefficient (Wildman–Crippen LogP) is 1.97. The van der Waals surface area contributed by atoms with Gasteiger partial charge in [-0.25, -0.2) is 13.8 Å². The average molecular weight is 223 g/mol. The lowest BCUT2D eigenvalue weighted by Crippen LogP contribution is -2.03. The molecule has 1 aromatic rings. The highest BCUT2D eigenvalue weighted by Gasteiger charge is 2.21. The molecule has 0 saturated heterocycles. The van der Waals surface area contributed by atoms with E-state index in [1.807, 2.05) is 0 Å². The zero-order chi connectivity index (χ0) is 12.1. The molecule has 0 saturated carbocycles. The first kappa shape index (κ1) is 11.9. The van der Waals surface area contributed by atoms with E-state index in [9.17, 15) is 8.78 Å². The number of hydrogen-bond donors (Lipinski definition) is 0. The van der Waals surface area contributed by atoms with Crippen molar-refractivity contribution in [3.8, 4) is 17.9 Å². The van der Waals surface area contributed by atoms with Crippen LogP contribution < -0.4 is 4.74 Å². The zero-order valence-corrected chi connectivity index (χ0v) is 8.37. The minimum absolute atomic E-state index is 0.0720. The molecule has 0 N–H and O–H groups in total. The summed E-state index contributed by atoms with van der Waals surface area (Å²) in [6, 6.07) is 3.58. The fourth-order valence-electron chi connectivity index (χ4n) is 1.28. The Hall–Kier alpha value is -2.21. The maximum absolute atomic E-state index is 12.6. The summed E-state index contributed by atoms with van der Waals surface area (Å²) >= 11 is 0. The van der Waals surface area contributed by atoms with Crippen LogP contribution in [0.3, 0.4) is 0 Å². The van der Waals surface area contributed by atoms with Gasteiger partial charge >= 0.3 is 0 Å². The fraction of sp³-hybridized carbons (Fsp3) is 0.300. The Morgan fingerprint density at radius 1 is 1.50 bits per heavy atom. The number of nitriles is 2. The number of halogens is 2. The molecule has 4 nitrogen and oxygen atoms in total. The molecule has 0 aliphatic heterocycles. The highest BCUT2D eigenvalue weighted by atomic mass is 19.3. The normalized spacial score (nSPS) is 9.62. The molecule has 6 heteroatoms. The van der Waals surface area contributed by atoms with Gasteiger partial charge in [-0.15, -0.1) is 0 Å². The van der Waals surface area contributed by atoms with Crippen LogP contribution in [0.15, 0.2) is 6.20 Å². The van der Waals surface area contributed by atoms with Gasteiger partial charge in [0.15, 0.2) is 5.75 Å². The minimum Gasteiger partial charge on any atom is -0.494 e. The molecule has 82 valence electrons. The van der Waals surface area contributed by atoms with Crippen molar-refractivity contribution in [2.75, 3.05) is 7.11 Å². The molecule has 0 aliphatic carbocycles. The molecule has 0 amide bonds. The number of rotatable bonds is 3. The first-order valence-electron chi connectivity index (χ1n) is 4.26. The third-order valence-corrected chi connectivity index (χ3v) is 1.95. The van der Waals surface area contributed by atoms with Gasteiger partial charge in [0, 0.05) is 11.8 Å². The minimum atomic E-state index is -2.81. The molecule has 0 aromatic carbocycles. The van der Waals surface area contributed by atoms with Crippen LogP contribution in [0.2, 0.25) is 0 Å². The Morgan fingerprint density at radius 3 is 2.62 bits per heavy atom. The number of aromatic nitrogens is 1. The number of hydrogen-bond acceptors (Lipinski definition) is 4. The Bertz CT molecular complexity index is 474. The van der Waals surface area contributed by atoms with Crippen molar-refractivity contribution < 1.29 is 13.5 Å². The highest BCUT2D eigenvalue weighted by Crippen LogP contribution is 2.32. The van der Waals surface area contributed by atoms with Gasteiger partial charge in [-0.3, -0.25) is 0 Å². The van der Waals surface area contributed by atoms with Crippen molar-refractivity contribution in [1.82, 2.24) is 4.98 Å². The van der Waals surface area contributed by atoms with Crippen molar-refractivity contribution in [3.63, 3.8) is 0 Å². The van der Waals surface area contributed by atoms with Gasteiger partial charge in [0.2, 0.25) is 0 Å². The molecule has 0 fully saturated rings. The molecular weight excluding hydrogens is 216 g/mol. The van der Waals surface area contributed by atoms with E-state index in [4.69, 9.17) is 15.3 Å². The summed E-state index contributed by atoms with van der Waals surface area (Å²) < 4.78 is 29.9. The smallest absolute Gasteiger partial charge is 0.284 e. The van der Waals surface area contributed by atoms with E-state index >= 15 is 0 Å². The number of pyridine rings is 1. The molecule has 16 heavy (non-hydrogen) atoms. The van der Waals surface area contributed by atoms with Crippen LogP contribution >= 0.6 is 0 Å². The van der Waals surface area contributed by atoms with Gasteiger partial charge in [-0.05, 0) is 0 Å². The van der Waals surface area contributed by atoms with Crippen LogP contribution in [-0.2, 0) is 6.42 Å². The predicted molar refractivity (Wildman–Crippen MR) is 49.8 cm³/mol. The molecule has 0 radical (unpaired) electrons. The summed E-state index contributed by atoms with van der Waals surface area (Å²) in [5, 5.41) is 17.3. The number of nitrogens with zero attached hydrogens (tertiary/aromatic N) is 3. The molecular formula is C10H7F2N3O. The monoisotopic (exact) mass is 223 g/mol. The van der Waals surface area contributed by atoms with Gasteiger partial charge < -0.3 is 4.74 Å². The Balaban J connectivity index is 3.45. The van der Waals surface area contributed by atoms with Gasteiger partial charge in [0.05, 0.1) is 25.2 Å². The van der Waals surface area contributed by atoms with Crippen molar-refractivity contribution >= 4 is 0 Å². The lowest BCUT2D eigenvalue weighted by atomic mass is 10.1. The SMILES string of the molecule is COc1c(C(F)F)ncc(C#N)c1CC#N. The zero-order valence-electron chi connectivity index (χ0n) is 8.37. The quantitative estimate of drug-likeness (QED) is 0.785. The Morgan fingerprint density at radius 2 is 2.19 bits per heavy atom. The van der Waals surface area contributed by atoms with Gasteiger partial charge in [-0.2, -0.15) is 10.5 Å². The van der Waals surface area contributed by atoms with E-state index < -0.39 is 12.1 Å². The lowest BCUT2D eigenvalue weighted by molar-refractivity contribution is 0.141. The molecule has 1 aromatic heterocycles. The van der Waals surface area contributed by atoms with Crippen molar-refractivity contribution in [2.24, 2.45) is 0 Å². The Kier molecular flexibility index (Phi) is 3.73. The van der Waals surface area contributed by atoms with Crippen LogP contribution in [0, 0.1) is 22.7 Å². The van der Waals surface area contributed by atoms with Crippen molar-refractivity contribution in [2.45, 2.75) is 12.8 Å². The van der Waals surface area contributed by atoms with Crippen molar-refractivity contribution in [1.29, 1.82) is 10.5 Å². The summed E-state index contributed by atoms with van der Waals surface area (Å²) in [4.78, 5) is 3.46. The summed E-state index contributed by atoms with van der Waals surface area (Å²) in [6.45, 7) is 0. The molecule has 0 bridgehead atoms. The van der Waals surface area contributed by atoms with E-state index in [2.05, 4.69) is 4.98 Å². The molecule has 1 rings (SSSR count). The molecule has 0 atom stereocenters. The third kappa shape index (κ3) is 2.06. The number of methoxy groups -OCH3 is 1. The van der Waals surface area contributed by atoms with Crippen LogP contribution in [0.1, 0.15) is 23.2 Å². The third-order valence-electron chi connectivity index (χ3n) is 1.95. The number of ether oxygens (including phenoxy) is 1. The van der Waals surface area contributed by atoms with E-state index in [-0.39, 0.29) is 23.3 Å². The highest BCUT2D eigenvalue weighted by molar-refractivity contribution is 5.49. The second-order valence-corrected chi connectivity index (χ2v) is 2.82. The maximum atomic E-state index is 12.6. The largest absolute Gasteiger partial charge is 0.494 e. The van der Waals surface area contributed by atoms with Gasteiger partial charge in [-0.1, -0.05) is 0 Å². The van der Waals surface area contributed by atoms with Gasteiger partial charge in [0.25, 0.3) is 6.43 Å². The van der Waals surface area contributed by atoms with Crippen LogP contribution in [0.5, 0.6) is 5.75 Å². The maximum Gasteiger partial charge on any atom is 0.284 e. The van der Waals surface area contributed by atoms with Crippen LogP contribution in [-0.4, -0.2) is 12.1 Å². The van der Waals surface area contributed by atoms with Gasteiger partial charge in [0.1, 0.15) is 11.8 Å². The fourth-order valence-corrected chi connectivity index (χ4v) is 1.28. The van der Waals surface area contributed by atoms with E-state index in [1.165, 1.54) is 7.11 Å². The van der Waals surface area contributed by atoms with Crippen molar-refractivity contribution in [3.05, 3.63) is 23.0 Å². The summed E-state index contributed by atoms with van der Waals surface area (Å²) in [5.41, 5.74) is -0.327. The number of alkyl halides is 2. The summed E-state index contributed by atoms with van der Waals surface area (Å²) in [6.07, 6.45) is -1.95. The molecule has 0 aliphatic rings. The first-order valence-corrected chi connectivity index (χ1v) is 4.26. The van der Waals surface area contributed by atoms with E-state index in [1.54, 1.807) is 12.1 Å². The second-order valence-electron chi connectivity index (χ2n) is 2.82. The standard InChI is InChI=1S/C10H7F2N3O/c1-16-9-7(2-3-13)6(4-14)5-15-8(9)10(11)12/h5,10H,2H2,1H3. The molecule has 1 heterocycles. The van der Waals surface area contributed by atoms with E-state index in [0.29, 0.717) is 0 Å². The first-order chi connectivity index (χ1) is 7.65. The summed E-state index contributed by atoms with van der Waals surface area (Å²) in [7, 11) is 1.20. The summed E-state index contributed by atoms with van der Waals surface area (Å²) in [5.74, 6) is -0.185. The molecule has 0 spiro atoms. The Labute approximate surface area is 90.7 Å². The van der Waals surface area contributed by atoms with Crippen LogP contribution in [0.4, 0.5) is 8.78 Å². The molecule has 0 unspecified atom stereocenters. The van der Waals surface area contributed by atoms with E-state index in [0.717, 1.165) is 6.20 Å². The topological polar surface area (TPSA) is 69.7 Å². The average Bonchev–Trinajstić information content (AvgIpc) is 2.28.